The Morgan fingerprint density at radius 1 is 0.391 bits per heavy atom. The predicted octanol–water partition coefficient (Wildman–Crippen LogP) is 15.1. The number of aliphatic hydroxyl groups is 2. The summed E-state index contributed by atoms with van der Waals surface area (Å²) < 4.78 is 124. The minimum atomic E-state index is -0.446. The lowest BCUT2D eigenvalue weighted by Gasteiger charge is -2.36. The van der Waals surface area contributed by atoms with E-state index in [9.17, 15) is 0 Å². The fourth-order valence-corrected chi connectivity index (χ4v) is 15.1. The van der Waals surface area contributed by atoms with Gasteiger partial charge < -0.3 is 110 Å². The predicted molar refractivity (Wildman–Crippen MR) is 435 cm³/mol. The molecule has 7 saturated heterocycles. The minimum absolute atomic E-state index is 0.00336. The molecule has 25 atom stereocenters. The van der Waals surface area contributed by atoms with Crippen LogP contribution in [-0.2, 0) is 99.5 Å². The molecule has 0 spiro atoms. The van der Waals surface area contributed by atoms with Crippen LogP contribution in [0.3, 0.4) is 0 Å². The highest BCUT2D eigenvalue weighted by atomic mass is 16.7. The zero-order valence-electron chi connectivity index (χ0n) is 75.2. The maximum Gasteiger partial charge on any atom is 0.146 e. The van der Waals surface area contributed by atoms with Crippen LogP contribution in [0.25, 0.3) is 0 Å². The van der Waals surface area contributed by atoms with Crippen LogP contribution >= 0.6 is 0 Å². The quantitative estimate of drug-likeness (QED) is 0.0427. The molecule has 7 fully saturated rings. The van der Waals surface area contributed by atoms with Gasteiger partial charge in [-0.15, -0.1) is 13.2 Å². The lowest BCUT2D eigenvalue weighted by atomic mass is 9.93. The second kappa shape index (κ2) is 54.6. The van der Waals surface area contributed by atoms with Gasteiger partial charge in [-0.2, -0.15) is 0 Å². The Bertz CT molecular complexity index is 2210. The van der Waals surface area contributed by atoms with Gasteiger partial charge in [0, 0.05) is 46.0 Å². The van der Waals surface area contributed by atoms with Gasteiger partial charge >= 0.3 is 0 Å². The summed E-state index contributed by atoms with van der Waals surface area (Å²) in [5.74, 6) is 0. The van der Waals surface area contributed by atoms with E-state index in [1.807, 2.05) is 171 Å². The second-order valence-electron chi connectivity index (χ2n) is 34.2. The number of ether oxygens (including phenoxy) is 21. The number of methoxy groups -OCH3 is 1. The van der Waals surface area contributed by atoms with Crippen molar-refractivity contribution in [1.29, 1.82) is 0 Å². The molecular formula is C87H168O23. The third-order valence-electron chi connectivity index (χ3n) is 18.9. The summed E-state index contributed by atoms with van der Waals surface area (Å²) in [6.45, 7) is 73.2. The van der Waals surface area contributed by atoms with Gasteiger partial charge in [-0.25, -0.2) is 0 Å². The molecule has 0 amide bonds. The van der Waals surface area contributed by atoms with Crippen molar-refractivity contribution in [2.75, 3.05) is 46.8 Å². The first-order chi connectivity index (χ1) is 51.6. The molecule has 7 rings (SSSR count). The first-order valence-electron chi connectivity index (χ1n) is 42.5. The maximum absolute atomic E-state index is 9.17. The number of hydrogen-bond donors (Lipinski definition) is 2. The molecule has 0 aliphatic carbocycles. The van der Waals surface area contributed by atoms with Crippen molar-refractivity contribution in [2.24, 2.45) is 0 Å². The van der Waals surface area contributed by atoms with Crippen molar-refractivity contribution in [2.45, 2.75) is 491 Å². The Morgan fingerprint density at radius 2 is 0.736 bits per heavy atom. The number of fused-ring (bicyclic) bond motifs is 2. The van der Waals surface area contributed by atoms with E-state index >= 15 is 0 Å². The van der Waals surface area contributed by atoms with Gasteiger partial charge in [0.15, 0.2) is 0 Å². The molecule has 7 aliphatic heterocycles. The molecule has 2 N–H and O–H groups in total. The van der Waals surface area contributed by atoms with Crippen molar-refractivity contribution < 1.29 is 110 Å². The highest BCUT2D eigenvalue weighted by Gasteiger charge is 2.65. The van der Waals surface area contributed by atoms with E-state index in [0.29, 0.717) is 39.3 Å². The smallest absolute Gasteiger partial charge is 0.146 e. The fourth-order valence-electron chi connectivity index (χ4n) is 15.1. The summed E-state index contributed by atoms with van der Waals surface area (Å²) in [4.78, 5) is 0. The van der Waals surface area contributed by atoms with Crippen LogP contribution < -0.4 is 0 Å². The lowest BCUT2D eigenvalue weighted by molar-refractivity contribution is -0.204. The highest BCUT2D eigenvalue weighted by molar-refractivity contribution is 5.12. The van der Waals surface area contributed by atoms with Crippen LogP contribution in [0.4, 0.5) is 0 Å². The summed E-state index contributed by atoms with van der Waals surface area (Å²) >= 11 is 0. The summed E-state index contributed by atoms with van der Waals surface area (Å²) in [7, 11) is 1.67. The SMILES string of the molecule is C=CC[C@@H](OC(C)C)[C@H]1O[C@@H](C)C[C@@H]1OC(C)C.C=CC[C@H](OC(C)C)[C@H]1O[C@@H](C)C[C@@H]1OC(C)C.CC(C)OC[C@]12O[C@@H](C)[C@H](O[C@H]1C)[C@@H]2OC(C)C.CC(C)O[C@@H](CCO)[C@H]1O[C@@H](C)C[C@@H]1OC(C)C.CC(C)O[C@H]1C[C@H](C)O[C@@H]1[C@@H](CCO)OC(C)C.COCCO[C@@H]1[C@H](OC(C)C)[C@@H](COC(C)C)O[C@H]1C. The van der Waals surface area contributed by atoms with Gasteiger partial charge in [0.25, 0.3) is 0 Å². The van der Waals surface area contributed by atoms with Crippen LogP contribution in [0.1, 0.15) is 266 Å². The normalized spacial score (nSPS) is 32.4. The summed E-state index contributed by atoms with van der Waals surface area (Å²) in [5, 5.41) is 18.3. The minimum Gasteiger partial charge on any atom is -0.396 e. The standard InChI is InChI=1S/C15H30O5.2C15H28O3.C14H26O4.2C14H28O4/c1-10(2)18-9-13-15(19-11(3)4)14(12(5)20-13)17-8-7-16-6;2*1-7-8-13(16-10(2)3)15-14(17-11(4)5)9-12(6)18-15;1-8(2)15-7-14-11(6)17-12(10(5)18-14)13(14)16-9(3)4;2*1-9(2)16-12(6-7-15)14-13(17-10(3)4)8-11(5)18-14/h10-15H,7-9H2,1-6H3;2*7,10-15H,1,8-9H2,2-6H3;8-13H,7H2,1-6H3;2*9-15H,6-8H2,1-5H3/t2*12-,13+,14-,15+;12-,13-,14-,15+;10-,11-,12-,13-,14-;11-,12+,13-,14+;11-,12-,13-,14+/m000000/s1. The number of rotatable bonds is 42. The molecule has 0 radical (unpaired) electrons. The first-order valence-corrected chi connectivity index (χ1v) is 42.5. The zero-order valence-corrected chi connectivity index (χ0v) is 75.2. The lowest BCUT2D eigenvalue weighted by Crippen LogP contribution is -2.52. The average Bonchev–Trinajstić information content (AvgIpc) is 1.57. The van der Waals surface area contributed by atoms with Gasteiger partial charge in [0.2, 0.25) is 0 Å². The molecule has 110 heavy (non-hydrogen) atoms. The molecule has 0 aromatic heterocycles. The Balaban J connectivity index is 0.000000448. The van der Waals surface area contributed by atoms with Crippen molar-refractivity contribution in [3.63, 3.8) is 0 Å². The molecule has 0 unspecified atom stereocenters. The maximum atomic E-state index is 9.17. The molecule has 0 aromatic carbocycles. The van der Waals surface area contributed by atoms with Gasteiger partial charge in [-0.05, 0) is 240 Å². The van der Waals surface area contributed by atoms with E-state index in [0.717, 1.165) is 38.5 Å². The fraction of sp³-hybridized carbons (Fsp3) is 0.954. The van der Waals surface area contributed by atoms with E-state index in [4.69, 9.17) is 110 Å². The third kappa shape index (κ3) is 38.5. The van der Waals surface area contributed by atoms with E-state index in [1.165, 1.54) is 0 Å². The molecule has 23 nitrogen and oxygen atoms in total. The highest BCUT2D eigenvalue weighted by Crippen LogP contribution is 2.47. The monoisotopic (exact) mass is 1580 g/mol. The average molecular weight is 1580 g/mol. The zero-order chi connectivity index (χ0) is 83.4. The molecule has 0 aromatic rings. The van der Waals surface area contributed by atoms with Gasteiger partial charge in [0.05, 0.1) is 191 Å². The summed E-state index contributed by atoms with van der Waals surface area (Å²) in [6, 6.07) is 0. The van der Waals surface area contributed by atoms with Crippen LogP contribution in [-0.4, -0.2) is 282 Å². The topological polar surface area (TPSA) is 234 Å². The molecule has 0 saturated carbocycles. The van der Waals surface area contributed by atoms with Gasteiger partial charge in [0.1, 0.15) is 60.5 Å². The van der Waals surface area contributed by atoms with Crippen LogP contribution in [0.15, 0.2) is 25.3 Å². The van der Waals surface area contributed by atoms with Crippen LogP contribution in [0, 0.1) is 0 Å². The Kier molecular flexibility index (Phi) is 51.9. The molecule has 7 aliphatic rings. The van der Waals surface area contributed by atoms with Crippen molar-refractivity contribution >= 4 is 0 Å². The van der Waals surface area contributed by atoms with Crippen molar-refractivity contribution in [1.82, 2.24) is 0 Å². The summed E-state index contributed by atoms with van der Waals surface area (Å²) in [6.07, 6.45) is 13.2. The Morgan fingerprint density at radius 3 is 1.05 bits per heavy atom. The molecule has 654 valence electrons. The van der Waals surface area contributed by atoms with Gasteiger partial charge in [-0.3, -0.25) is 0 Å². The molecule has 7 heterocycles. The van der Waals surface area contributed by atoms with E-state index in [-0.39, 0.29) is 233 Å². The van der Waals surface area contributed by atoms with Crippen LogP contribution in [0.5, 0.6) is 0 Å². The first kappa shape index (κ1) is 105. The molecule has 2 bridgehead atoms. The van der Waals surface area contributed by atoms with E-state index < -0.39 is 5.60 Å². The Labute approximate surface area is 670 Å². The largest absolute Gasteiger partial charge is 0.396 e. The van der Waals surface area contributed by atoms with Crippen molar-refractivity contribution in [3.05, 3.63) is 25.3 Å². The Hall–Kier alpha value is -1.44. The van der Waals surface area contributed by atoms with E-state index in [1.54, 1.807) is 7.11 Å². The summed E-state index contributed by atoms with van der Waals surface area (Å²) in [5.41, 5.74) is -0.446. The number of aliphatic hydroxyl groups excluding tert-OH is 2. The third-order valence-corrected chi connectivity index (χ3v) is 18.9. The van der Waals surface area contributed by atoms with Crippen molar-refractivity contribution in [3.8, 4) is 0 Å². The molecular weight excluding hydrogens is 1410 g/mol. The van der Waals surface area contributed by atoms with Gasteiger partial charge in [-0.1, -0.05) is 12.2 Å². The molecule has 23 heteroatoms. The number of hydrogen-bond acceptors (Lipinski definition) is 23. The second-order valence-corrected chi connectivity index (χ2v) is 34.2. The van der Waals surface area contributed by atoms with E-state index in [2.05, 4.69) is 68.5 Å². The van der Waals surface area contributed by atoms with Crippen LogP contribution in [0.2, 0.25) is 0 Å².